The lowest BCUT2D eigenvalue weighted by Crippen LogP contribution is -2.24. The van der Waals surface area contributed by atoms with Gasteiger partial charge in [0, 0.05) is 11.8 Å². The maximum atomic E-state index is 5.28. The number of nitrogens with zero attached hydrogens (tertiary/aromatic N) is 1. The second kappa shape index (κ2) is 7.36. The molecule has 0 amide bonds. The average molecular weight is 276 g/mol. The Morgan fingerprint density at radius 1 is 1.37 bits per heavy atom. The Kier molecular flexibility index (Phi) is 5.48. The molecule has 2 aromatic rings. The van der Waals surface area contributed by atoms with E-state index in [1.54, 1.807) is 24.2 Å². The molecular weight excluding hydrogens is 256 g/mol. The molecule has 0 fully saturated rings. The maximum absolute atomic E-state index is 5.28. The van der Waals surface area contributed by atoms with Crippen LogP contribution in [0.2, 0.25) is 0 Å². The van der Waals surface area contributed by atoms with Crippen molar-refractivity contribution in [3.8, 4) is 0 Å². The summed E-state index contributed by atoms with van der Waals surface area (Å²) in [7, 11) is 0. The number of rotatable bonds is 7. The van der Waals surface area contributed by atoms with E-state index in [1.165, 1.54) is 11.1 Å². The second-order valence-electron chi connectivity index (χ2n) is 4.47. The molecule has 1 N–H and O–H groups in total. The Bertz CT molecular complexity index is 485. The SMILES string of the molecule is CCCNC(CSc1ncco1)c1ccccc1C. The smallest absolute Gasteiger partial charge is 0.255 e. The lowest BCUT2D eigenvalue weighted by atomic mass is 10.0. The highest BCUT2D eigenvalue weighted by atomic mass is 32.2. The fraction of sp³-hybridized carbons (Fsp3) is 0.400. The zero-order chi connectivity index (χ0) is 13.5. The van der Waals surface area contributed by atoms with Crippen molar-refractivity contribution in [1.82, 2.24) is 10.3 Å². The molecule has 1 aromatic carbocycles. The number of hydrogen-bond acceptors (Lipinski definition) is 4. The number of hydrogen-bond donors (Lipinski definition) is 1. The molecule has 0 bridgehead atoms. The lowest BCUT2D eigenvalue weighted by molar-refractivity contribution is 0.453. The molecule has 0 aliphatic rings. The zero-order valence-electron chi connectivity index (χ0n) is 11.4. The third-order valence-electron chi connectivity index (χ3n) is 2.99. The quantitative estimate of drug-likeness (QED) is 0.780. The molecule has 3 nitrogen and oxygen atoms in total. The Balaban J connectivity index is 2.05. The van der Waals surface area contributed by atoms with Crippen LogP contribution in [0.3, 0.4) is 0 Å². The highest BCUT2D eigenvalue weighted by Gasteiger charge is 2.14. The fourth-order valence-electron chi connectivity index (χ4n) is 1.99. The molecule has 1 atom stereocenters. The summed E-state index contributed by atoms with van der Waals surface area (Å²) in [4.78, 5) is 4.15. The standard InChI is InChI=1S/C15H20N2OS/c1-3-8-16-14(11-19-15-17-9-10-18-15)13-7-5-4-6-12(13)2/h4-7,9-10,14,16H,3,8,11H2,1-2H3. The van der Waals surface area contributed by atoms with Crippen LogP contribution < -0.4 is 5.32 Å². The summed E-state index contributed by atoms with van der Waals surface area (Å²) in [6, 6.07) is 8.86. The Morgan fingerprint density at radius 2 is 2.21 bits per heavy atom. The van der Waals surface area contributed by atoms with E-state index >= 15 is 0 Å². The normalized spacial score (nSPS) is 12.5. The third-order valence-corrected chi connectivity index (χ3v) is 3.94. The lowest BCUT2D eigenvalue weighted by Gasteiger charge is -2.19. The van der Waals surface area contributed by atoms with E-state index in [0.29, 0.717) is 6.04 Å². The van der Waals surface area contributed by atoms with E-state index in [-0.39, 0.29) is 0 Å². The predicted octanol–water partition coefficient (Wildman–Crippen LogP) is 3.82. The van der Waals surface area contributed by atoms with Gasteiger partial charge in [-0.15, -0.1) is 0 Å². The molecule has 1 heterocycles. The number of aromatic nitrogens is 1. The number of aryl methyl sites for hydroxylation is 1. The van der Waals surface area contributed by atoms with Crippen LogP contribution in [0.15, 0.2) is 46.4 Å². The molecule has 102 valence electrons. The minimum absolute atomic E-state index is 0.332. The molecule has 19 heavy (non-hydrogen) atoms. The first-order valence-corrected chi connectivity index (χ1v) is 7.61. The van der Waals surface area contributed by atoms with Crippen LogP contribution in [0.25, 0.3) is 0 Å². The van der Waals surface area contributed by atoms with Gasteiger partial charge in [0.05, 0.1) is 6.20 Å². The van der Waals surface area contributed by atoms with Crippen LogP contribution in [-0.2, 0) is 0 Å². The minimum atomic E-state index is 0.332. The number of nitrogens with one attached hydrogen (secondary N) is 1. The summed E-state index contributed by atoms with van der Waals surface area (Å²) >= 11 is 1.65. The van der Waals surface area contributed by atoms with Gasteiger partial charge in [-0.25, -0.2) is 4.98 Å². The number of thioether (sulfide) groups is 1. The van der Waals surface area contributed by atoms with E-state index in [0.717, 1.165) is 23.9 Å². The van der Waals surface area contributed by atoms with Gasteiger partial charge in [-0.2, -0.15) is 0 Å². The van der Waals surface area contributed by atoms with Crippen LogP contribution in [-0.4, -0.2) is 17.3 Å². The van der Waals surface area contributed by atoms with Crippen molar-refractivity contribution in [2.45, 2.75) is 31.5 Å². The van der Waals surface area contributed by atoms with Gasteiger partial charge in [-0.05, 0) is 31.0 Å². The highest BCUT2D eigenvalue weighted by Crippen LogP contribution is 2.25. The summed E-state index contributed by atoms with van der Waals surface area (Å²) in [5.74, 6) is 0.922. The molecule has 1 aromatic heterocycles. The van der Waals surface area contributed by atoms with Gasteiger partial charge < -0.3 is 9.73 Å². The van der Waals surface area contributed by atoms with Crippen molar-refractivity contribution in [2.75, 3.05) is 12.3 Å². The maximum Gasteiger partial charge on any atom is 0.255 e. The largest absolute Gasteiger partial charge is 0.440 e. The van der Waals surface area contributed by atoms with Gasteiger partial charge in [0.25, 0.3) is 5.22 Å². The summed E-state index contributed by atoms with van der Waals surface area (Å²) in [6.45, 7) is 5.36. The number of oxazole rings is 1. The summed E-state index contributed by atoms with van der Waals surface area (Å²) in [5.41, 5.74) is 2.68. The molecule has 0 aliphatic heterocycles. The van der Waals surface area contributed by atoms with E-state index in [2.05, 4.69) is 48.4 Å². The van der Waals surface area contributed by atoms with Gasteiger partial charge >= 0.3 is 0 Å². The van der Waals surface area contributed by atoms with Crippen LogP contribution in [0.5, 0.6) is 0 Å². The third kappa shape index (κ3) is 4.11. The fourth-order valence-corrected chi connectivity index (χ4v) is 2.86. The minimum Gasteiger partial charge on any atom is -0.440 e. The van der Waals surface area contributed by atoms with Gasteiger partial charge in [-0.3, -0.25) is 0 Å². The van der Waals surface area contributed by atoms with Crippen molar-refractivity contribution in [3.05, 3.63) is 47.9 Å². The average Bonchev–Trinajstić information content (AvgIpc) is 2.93. The summed E-state index contributed by atoms with van der Waals surface area (Å²) in [5, 5.41) is 4.33. The first kappa shape index (κ1) is 14.2. The van der Waals surface area contributed by atoms with Crippen LogP contribution in [0, 0.1) is 6.92 Å². The van der Waals surface area contributed by atoms with Crippen molar-refractivity contribution in [2.24, 2.45) is 0 Å². The Labute approximate surface area is 118 Å². The van der Waals surface area contributed by atoms with Crippen LogP contribution in [0.1, 0.15) is 30.5 Å². The van der Waals surface area contributed by atoms with Gasteiger partial charge in [0.1, 0.15) is 6.26 Å². The Morgan fingerprint density at radius 3 is 2.89 bits per heavy atom. The Hall–Kier alpha value is -1.26. The first-order chi connectivity index (χ1) is 9.31. The zero-order valence-corrected chi connectivity index (χ0v) is 12.2. The molecule has 0 spiro atoms. The molecule has 0 saturated carbocycles. The second-order valence-corrected chi connectivity index (χ2v) is 5.44. The van der Waals surface area contributed by atoms with Crippen molar-refractivity contribution in [1.29, 1.82) is 0 Å². The molecule has 0 radical (unpaired) electrons. The molecule has 4 heteroatoms. The van der Waals surface area contributed by atoms with Crippen LogP contribution in [0.4, 0.5) is 0 Å². The van der Waals surface area contributed by atoms with Gasteiger partial charge in [-0.1, -0.05) is 43.0 Å². The van der Waals surface area contributed by atoms with Gasteiger partial charge in [0.15, 0.2) is 0 Å². The summed E-state index contributed by atoms with van der Waals surface area (Å²) < 4.78 is 5.28. The van der Waals surface area contributed by atoms with E-state index in [9.17, 15) is 0 Å². The first-order valence-electron chi connectivity index (χ1n) is 6.62. The molecule has 1 unspecified atom stereocenters. The van der Waals surface area contributed by atoms with E-state index in [1.807, 2.05) is 0 Å². The predicted molar refractivity (Wildman–Crippen MR) is 79.4 cm³/mol. The molecule has 2 rings (SSSR count). The summed E-state index contributed by atoms with van der Waals surface area (Å²) in [6.07, 6.45) is 4.43. The van der Waals surface area contributed by atoms with E-state index < -0.39 is 0 Å². The molecular formula is C15H20N2OS. The van der Waals surface area contributed by atoms with E-state index in [4.69, 9.17) is 4.42 Å². The molecule has 0 aliphatic carbocycles. The monoisotopic (exact) mass is 276 g/mol. The van der Waals surface area contributed by atoms with Crippen molar-refractivity contribution >= 4 is 11.8 Å². The van der Waals surface area contributed by atoms with Crippen molar-refractivity contribution in [3.63, 3.8) is 0 Å². The molecule has 0 saturated heterocycles. The van der Waals surface area contributed by atoms with Crippen LogP contribution >= 0.6 is 11.8 Å². The topological polar surface area (TPSA) is 38.1 Å². The van der Waals surface area contributed by atoms with Crippen molar-refractivity contribution < 1.29 is 4.42 Å². The highest BCUT2D eigenvalue weighted by molar-refractivity contribution is 7.99. The van der Waals surface area contributed by atoms with Gasteiger partial charge in [0.2, 0.25) is 0 Å². The number of benzene rings is 1.